The summed E-state index contributed by atoms with van der Waals surface area (Å²) in [6.45, 7) is 4.04. The van der Waals surface area contributed by atoms with E-state index in [4.69, 9.17) is 11.6 Å². The molecule has 106 valence electrons. The lowest BCUT2D eigenvalue weighted by atomic mass is 9.75. The van der Waals surface area contributed by atoms with Gasteiger partial charge in [0.2, 0.25) is 0 Å². The molecule has 0 aliphatic heterocycles. The summed E-state index contributed by atoms with van der Waals surface area (Å²) in [5.41, 5.74) is 0.788. The molecule has 1 aromatic carbocycles. The number of hydrogen-bond donors (Lipinski definition) is 1. The minimum absolute atomic E-state index is 0.213. The minimum Gasteiger partial charge on any atom is -0.317 e. The van der Waals surface area contributed by atoms with E-state index in [1.807, 2.05) is 12.1 Å². The molecule has 4 heteroatoms. The van der Waals surface area contributed by atoms with Crippen LogP contribution < -0.4 is 5.32 Å². The Kier molecular flexibility index (Phi) is 5.67. The van der Waals surface area contributed by atoms with Crippen molar-refractivity contribution in [2.45, 2.75) is 38.5 Å². The first kappa shape index (κ1) is 15.3. The van der Waals surface area contributed by atoms with Crippen LogP contribution in [0.4, 0.5) is 4.39 Å². The molecule has 0 radical (unpaired) electrons. The Morgan fingerprint density at radius 3 is 2.84 bits per heavy atom. The maximum atomic E-state index is 14.4. The Morgan fingerprint density at radius 2 is 2.11 bits per heavy atom. The summed E-state index contributed by atoms with van der Waals surface area (Å²) < 4.78 is 15.0. The molecule has 0 saturated heterocycles. The standard InChI is InChI=1S/C15H20BrClFN/c1-2-19-9-10-5-3-4-6-11(10)12-7-8-13(16)14(17)15(12)18/h7-8,10-11,19H,2-6,9H2,1H3. The van der Waals surface area contributed by atoms with Crippen LogP contribution in [-0.4, -0.2) is 13.1 Å². The van der Waals surface area contributed by atoms with E-state index in [0.717, 1.165) is 25.1 Å². The smallest absolute Gasteiger partial charge is 0.146 e. The zero-order valence-electron chi connectivity index (χ0n) is 11.2. The highest BCUT2D eigenvalue weighted by molar-refractivity contribution is 9.10. The molecule has 1 aliphatic carbocycles. The average molecular weight is 349 g/mol. The SMILES string of the molecule is CCNCC1CCCCC1c1ccc(Br)c(Cl)c1F. The van der Waals surface area contributed by atoms with E-state index >= 15 is 0 Å². The molecule has 2 rings (SSSR count). The van der Waals surface area contributed by atoms with Gasteiger partial charge in [0.05, 0.1) is 5.02 Å². The van der Waals surface area contributed by atoms with Crippen LogP contribution in [0.15, 0.2) is 16.6 Å². The van der Waals surface area contributed by atoms with Crippen LogP contribution in [0.1, 0.15) is 44.1 Å². The summed E-state index contributed by atoms with van der Waals surface area (Å²) in [6.07, 6.45) is 4.66. The Morgan fingerprint density at radius 1 is 1.37 bits per heavy atom. The van der Waals surface area contributed by atoms with Gasteiger partial charge in [-0.05, 0) is 65.3 Å². The largest absolute Gasteiger partial charge is 0.317 e. The lowest BCUT2D eigenvalue weighted by Crippen LogP contribution is -2.29. The quantitative estimate of drug-likeness (QED) is 0.744. The summed E-state index contributed by atoms with van der Waals surface area (Å²) >= 11 is 9.29. The van der Waals surface area contributed by atoms with Crippen molar-refractivity contribution in [2.75, 3.05) is 13.1 Å². The van der Waals surface area contributed by atoms with Crippen molar-refractivity contribution in [3.05, 3.63) is 33.0 Å². The molecule has 0 heterocycles. The van der Waals surface area contributed by atoms with Crippen molar-refractivity contribution in [2.24, 2.45) is 5.92 Å². The summed E-state index contributed by atoms with van der Waals surface area (Å²) in [6, 6.07) is 3.75. The second-order valence-corrected chi connectivity index (χ2v) is 6.46. The fourth-order valence-electron chi connectivity index (χ4n) is 3.02. The molecule has 0 bridgehead atoms. The second kappa shape index (κ2) is 7.05. The molecule has 0 spiro atoms. The predicted octanol–water partition coefficient (Wildman–Crippen LogP) is 5.12. The summed E-state index contributed by atoms with van der Waals surface area (Å²) in [5, 5.41) is 3.61. The Bertz CT molecular complexity index is 438. The molecule has 1 saturated carbocycles. The predicted molar refractivity (Wildman–Crippen MR) is 82.4 cm³/mol. The number of rotatable bonds is 4. The average Bonchev–Trinajstić information content (AvgIpc) is 2.43. The van der Waals surface area contributed by atoms with Crippen LogP contribution in [0.3, 0.4) is 0 Å². The van der Waals surface area contributed by atoms with Crippen molar-refractivity contribution in [3.63, 3.8) is 0 Å². The van der Waals surface area contributed by atoms with Crippen LogP contribution in [0, 0.1) is 11.7 Å². The molecular weight excluding hydrogens is 329 g/mol. The van der Waals surface area contributed by atoms with Crippen molar-refractivity contribution in [1.82, 2.24) is 5.32 Å². The van der Waals surface area contributed by atoms with Crippen LogP contribution >= 0.6 is 27.5 Å². The van der Waals surface area contributed by atoms with Crippen LogP contribution in [0.25, 0.3) is 0 Å². The molecule has 2 unspecified atom stereocenters. The van der Waals surface area contributed by atoms with Gasteiger partial charge in [0.15, 0.2) is 0 Å². The number of halogens is 3. The topological polar surface area (TPSA) is 12.0 Å². The molecule has 1 aliphatic rings. The molecule has 1 N–H and O–H groups in total. The Labute approximate surface area is 128 Å². The zero-order valence-corrected chi connectivity index (χ0v) is 13.5. The molecule has 1 fully saturated rings. The Balaban J connectivity index is 2.24. The van der Waals surface area contributed by atoms with Gasteiger partial charge in [0.1, 0.15) is 5.82 Å². The van der Waals surface area contributed by atoms with E-state index in [1.54, 1.807) is 0 Å². The maximum Gasteiger partial charge on any atom is 0.146 e. The first-order valence-electron chi connectivity index (χ1n) is 6.99. The zero-order chi connectivity index (χ0) is 13.8. The fourth-order valence-corrected chi connectivity index (χ4v) is 3.50. The highest BCUT2D eigenvalue weighted by atomic mass is 79.9. The highest BCUT2D eigenvalue weighted by Crippen LogP contribution is 2.41. The van der Waals surface area contributed by atoms with Gasteiger partial charge in [-0.15, -0.1) is 0 Å². The molecule has 1 aromatic rings. The van der Waals surface area contributed by atoms with Crippen molar-refractivity contribution in [3.8, 4) is 0 Å². The Hall–Kier alpha value is -0.120. The van der Waals surface area contributed by atoms with Crippen molar-refractivity contribution in [1.29, 1.82) is 0 Å². The third kappa shape index (κ3) is 3.50. The van der Waals surface area contributed by atoms with Crippen LogP contribution in [0.2, 0.25) is 5.02 Å². The molecule has 0 amide bonds. The van der Waals surface area contributed by atoms with Crippen LogP contribution in [0.5, 0.6) is 0 Å². The third-order valence-electron chi connectivity index (χ3n) is 4.03. The fraction of sp³-hybridized carbons (Fsp3) is 0.600. The maximum absolute atomic E-state index is 14.4. The first-order chi connectivity index (χ1) is 9.15. The molecular formula is C15H20BrClFN. The lowest BCUT2D eigenvalue weighted by molar-refractivity contribution is 0.292. The van der Waals surface area contributed by atoms with E-state index in [1.165, 1.54) is 19.3 Å². The summed E-state index contributed by atoms with van der Waals surface area (Å²) in [5.74, 6) is 0.559. The summed E-state index contributed by atoms with van der Waals surface area (Å²) in [4.78, 5) is 0. The molecule has 2 atom stereocenters. The van der Waals surface area contributed by atoms with Crippen LogP contribution in [-0.2, 0) is 0 Å². The monoisotopic (exact) mass is 347 g/mol. The van der Waals surface area contributed by atoms with Gasteiger partial charge in [0, 0.05) is 4.47 Å². The van der Waals surface area contributed by atoms with Gasteiger partial charge in [0.25, 0.3) is 0 Å². The van der Waals surface area contributed by atoms with E-state index in [2.05, 4.69) is 28.2 Å². The van der Waals surface area contributed by atoms with Crippen molar-refractivity contribution >= 4 is 27.5 Å². The van der Waals surface area contributed by atoms with E-state index in [-0.39, 0.29) is 10.8 Å². The molecule has 19 heavy (non-hydrogen) atoms. The number of nitrogens with one attached hydrogen (secondary N) is 1. The van der Waals surface area contributed by atoms with Gasteiger partial charge in [-0.3, -0.25) is 0 Å². The normalized spacial score (nSPS) is 23.6. The minimum atomic E-state index is -0.246. The van der Waals surface area contributed by atoms with Gasteiger partial charge < -0.3 is 5.32 Å². The summed E-state index contributed by atoms with van der Waals surface area (Å²) in [7, 11) is 0. The van der Waals surface area contributed by atoms with Gasteiger partial charge in [-0.25, -0.2) is 4.39 Å². The van der Waals surface area contributed by atoms with Gasteiger partial charge >= 0.3 is 0 Å². The van der Waals surface area contributed by atoms with E-state index < -0.39 is 0 Å². The van der Waals surface area contributed by atoms with Crippen molar-refractivity contribution < 1.29 is 4.39 Å². The molecule has 0 aromatic heterocycles. The number of hydrogen-bond acceptors (Lipinski definition) is 1. The van der Waals surface area contributed by atoms with E-state index in [0.29, 0.717) is 16.3 Å². The highest BCUT2D eigenvalue weighted by Gasteiger charge is 2.29. The first-order valence-corrected chi connectivity index (χ1v) is 8.16. The van der Waals surface area contributed by atoms with Gasteiger partial charge in [-0.1, -0.05) is 37.4 Å². The second-order valence-electron chi connectivity index (χ2n) is 5.22. The van der Waals surface area contributed by atoms with Gasteiger partial charge in [-0.2, -0.15) is 0 Å². The van der Waals surface area contributed by atoms with E-state index in [9.17, 15) is 4.39 Å². The third-order valence-corrected chi connectivity index (χ3v) is 5.29. The number of benzene rings is 1. The molecule has 1 nitrogen and oxygen atoms in total. The lowest BCUT2D eigenvalue weighted by Gasteiger charge is -2.32.